The normalized spacial score (nSPS) is 11.3. The molecule has 0 N–H and O–H groups in total. The smallest absolute Gasteiger partial charge is 0.164 e. The van der Waals surface area contributed by atoms with Gasteiger partial charge < -0.3 is 4.42 Å². The van der Waals surface area contributed by atoms with Gasteiger partial charge in [-0.05, 0) is 41.0 Å². The first-order valence-corrected chi connectivity index (χ1v) is 14.1. The molecular formula is C38H24N4O. The van der Waals surface area contributed by atoms with E-state index in [0.29, 0.717) is 17.5 Å². The van der Waals surface area contributed by atoms with Crippen molar-refractivity contribution in [2.24, 2.45) is 0 Å². The van der Waals surface area contributed by atoms with Gasteiger partial charge in [0, 0.05) is 33.8 Å². The number of aromatic nitrogens is 4. The van der Waals surface area contributed by atoms with Crippen molar-refractivity contribution in [3.8, 4) is 56.4 Å². The summed E-state index contributed by atoms with van der Waals surface area (Å²) in [5.41, 5.74) is 9.62. The number of nitrogens with zero attached hydrogens (tertiary/aromatic N) is 4. The van der Waals surface area contributed by atoms with Gasteiger partial charge >= 0.3 is 0 Å². The van der Waals surface area contributed by atoms with Gasteiger partial charge in [0.25, 0.3) is 0 Å². The quantitative estimate of drug-likeness (QED) is 0.213. The molecule has 0 saturated carbocycles. The van der Waals surface area contributed by atoms with Gasteiger partial charge in [0.15, 0.2) is 23.1 Å². The summed E-state index contributed by atoms with van der Waals surface area (Å²) in [5, 5.41) is 1.02. The minimum absolute atomic E-state index is 0.634. The second kappa shape index (κ2) is 10.5. The molecule has 0 spiro atoms. The maximum atomic E-state index is 6.22. The first-order chi connectivity index (χ1) is 21.3. The van der Waals surface area contributed by atoms with Crippen molar-refractivity contribution in [2.75, 3.05) is 0 Å². The maximum absolute atomic E-state index is 6.22. The second-order valence-electron chi connectivity index (χ2n) is 10.3. The Morgan fingerprint density at radius 3 is 1.67 bits per heavy atom. The summed E-state index contributed by atoms with van der Waals surface area (Å²) < 4.78 is 6.22. The van der Waals surface area contributed by atoms with Gasteiger partial charge in [-0.25, -0.2) is 15.0 Å². The monoisotopic (exact) mass is 552 g/mol. The molecule has 0 aliphatic heterocycles. The number of hydrogen-bond acceptors (Lipinski definition) is 5. The third-order valence-electron chi connectivity index (χ3n) is 7.61. The minimum atomic E-state index is 0.634. The Bertz CT molecular complexity index is 2170. The molecule has 0 fully saturated rings. The average Bonchev–Trinajstić information content (AvgIpc) is 3.48. The van der Waals surface area contributed by atoms with Crippen LogP contribution >= 0.6 is 0 Å². The van der Waals surface area contributed by atoms with Crippen molar-refractivity contribution in [3.05, 3.63) is 146 Å². The Morgan fingerprint density at radius 1 is 0.419 bits per heavy atom. The molecule has 0 atom stereocenters. The predicted octanol–water partition coefficient (Wildman–Crippen LogP) is 9.50. The fourth-order valence-corrected chi connectivity index (χ4v) is 5.45. The zero-order chi connectivity index (χ0) is 28.6. The molecule has 43 heavy (non-hydrogen) atoms. The van der Waals surface area contributed by atoms with E-state index in [1.807, 2.05) is 109 Å². The van der Waals surface area contributed by atoms with Crippen LogP contribution in [0.15, 0.2) is 150 Å². The van der Waals surface area contributed by atoms with E-state index in [-0.39, 0.29) is 0 Å². The van der Waals surface area contributed by atoms with Crippen LogP contribution in [0.25, 0.3) is 78.5 Å². The van der Waals surface area contributed by atoms with Gasteiger partial charge in [-0.1, -0.05) is 115 Å². The Morgan fingerprint density at radius 2 is 0.977 bits per heavy atom. The predicted molar refractivity (Wildman–Crippen MR) is 172 cm³/mol. The highest BCUT2D eigenvalue weighted by molar-refractivity contribution is 6.07. The highest BCUT2D eigenvalue weighted by Crippen LogP contribution is 2.35. The minimum Gasteiger partial charge on any atom is -0.454 e. The Hall–Kier alpha value is -5.94. The summed E-state index contributed by atoms with van der Waals surface area (Å²) in [6, 6.07) is 47.0. The number of hydrogen-bond donors (Lipinski definition) is 0. The van der Waals surface area contributed by atoms with E-state index < -0.39 is 0 Å². The fourth-order valence-electron chi connectivity index (χ4n) is 5.45. The number of pyridine rings is 1. The number of para-hydroxylation sites is 1. The van der Waals surface area contributed by atoms with Gasteiger partial charge in [0.05, 0.1) is 0 Å². The van der Waals surface area contributed by atoms with Gasteiger partial charge in [-0.3, -0.25) is 4.98 Å². The molecule has 0 saturated heterocycles. The van der Waals surface area contributed by atoms with Crippen LogP contribution < -0.4 is 0 Å². The Kier molecular flexibility index (Phi) is 6.05. The molecule has 202 valence electrons. The summed E-state index contributed by atoms with van der Waals surface area (Å²) in [7, 11) is 0. The van der Waals surface area contributed by atoms with E-state index in [1.165, 1.54) is 0 Å². The molecule has 0 bridgehead atoms. The van der Waals surface area contributed by atoms with Crippen LogP contribution in [-0.4, -0.2) is 19.9 Å². The first-order valence-electron chi connectivity index (χ1n) is 14.1. The summed E-state index contributed by atoms with van der Waals surface area (Å²) in [5.74, 6) is 1.93. The third-order valence-corrected chi connectivity index (χ3v) is 7.61. The molecule has 0 aliphatic rings. The average molecular weight is 553 g/mol. The lowest BCUT2D eigenvalue weighted by atomic mass is 9.99. The van der Waals surface area contributed by atoms with Gasteiger partial charge in [-0.15, -0.1) is 0 Å². The first kappa shape index (κ1) is 24.8. The molecule has 3 aromatic heterocycles. The number of benzene rings is 5. The summed E-state index contributed by atoms with van der Waals surface area (Å²) in [4.78, 5) is 19.2. The Balaban J connectivity index is 1.18. The van der Waals surface area contributed by atoms with Crippen LogP contribution in [-0.2, 0) is 0 Å². The molecule has 5 heteroatoms. The highest BCUT2D eigenvalue weighted by atomic mass is 16.3. The molecule has 8 rings (SSSR count). The Labute approximate surface area is 248 Å². The van der Waals surface area contributed by atoms with Crippen LogP contribution in [0.1, 0.15) is 0 Å². The lowest BCUT2D eigenvalue weighted by Gasteiger charge is -2.10. The SMILES string of the molecule is c1ccc(-c2nc(-c3ccccc3)nc(-c3cccc(-c4ccc(-c5ccnc6c5oc5ccccc56)cc4)c3)n2)cc1. The van der Waals surface area contributed by atoms with Crippen molar-refractivity contribution in [3.63, 3.8) is 0 Å². The van der Waals surface area contributed by atoms with Crippen molar-refractivity contribution < 1.29 is 4.42 Å². The van der Waals surface area contributed by atoms with Crippen molar-refractivity contribution in [2.45, 2.75) is 0 Å². The zero-order valence-corrected chi connectivity index (χ0v) is 23.1. The fraction of sp³-hybridized carbons (Fsp3) is 0. The number of rotatable bonds is 5. The van der Waals surface area contributed by atoms with E-state index in [1.54, 1.807) is 0 Å². The second-order valence-corrected chi connectivity index (χ2v) is 10.3. The molecule has 3 heterocycles. The van der Waals surface area contributed by atoms with Crippen LogP contribution in [0.4, 0.5) is 0 Å². The largest absolute Gasteiger partial charge is 0.454 e. The van der Waals surface area contributed by atoms with E-state index >= 15 is 0 Å². The number of furan rings is 1. The van der Waals surface area contributed by atoms with Crippen LogP contribution in [0.5, 0.6) is 0 Å². The summed E-state index contributed by atoms with van der Waals surface area (Å²) in [6.45, 7) is 0. The van der Waals surface area contributed by atoms with Crippen LogP contribution in [0, 0.1) is 0 Å². The van der Waals surface area contributed by atoms with Crippen molar-refractivity contribution in [1.29, 1.82) is 0 Å². The molecule has 0 unspecified atom stereocenters. The molecule has 5 nitrogen and oxygen atoms in total. The lowest BCUT2D eigenvalue weighted by molar-refractivity contribution is 0.669. The number of fused-ring (bicyclic) bond motifs is 3. The van der Waals surface area contributed by atoms with E-state index in [2.05, 4.69) is 41.4 Å². The lowest BCUT2D eigenvalue weighted by Crippen LogP contribution is -2.00. The van der Waals surface area contributed by atoms with E-state index in [9.17, 15) is 0 Å². The molecule has 0 aliphatic carbocycles. The van der Waals surface area contributed by atoms with Crippen LogP contribution in [0.3, 0.4) is 0 Å². The standard InChI is InChI=1S/C38H24N4O/c1-3-10-27(11-4-1)36-40-37(28-12-5-2-6-13-28)42-38(41-36)30-15-9-14-29(24-30)25-18-20-26(21-19-25)31-22-23-39-34-32-16-7-8-17-33(32)43-35(31)34/h1-24H. The summed E-state index contributed by atoms with van der Waals surface area (Å²) in [6.07, 6.45) is 1.85. The van der Waals surface area contributed by atoms with Crippen molar-refractivity contribution in [1.82, 2.24) is 19.9 Å². The maximum Gasteiger partial charge on any atom is 0.164 e. The molecule has 0 radical (unpaired) electrons. The third kappa shape index (κ3) is 4.63. The van der Waals surface area contributed by atoms with Crippen molar-refractivity contribution >= 4 is 22.1 Å². The van der Waals surface area contributed by atoms with E-state index in [0.717, 1.165) is 61.0 Å². The molecular weight excluding hydrogens is 528 g/mol. The molecule has 5 aromatic carbocycles. The van der Waals surface area contributed by atoms with Gasteiger partial charge in [0.2, 0.25) is 0 Å². The summed E-state index contributed by atoms with van der Waals surface area (Å²) >= 11 is 0. The van der Waals surface area contributed by atoms with Gasteiger partial charge in [-0.2, -0.15) is 0 Å². The van der Waals surface area contributed by atoms with Gasteiger partial charge in [0.1, 0.15) is 11.1 Å². The molecule has 0 amide bonds. The molecule has 8 aromatic rings. The zero-order valence-electron chi connectivity index (χ0n) is 23.1. The van der Waals surface area contributed by atoms with E-state index in [4.69, 9.17) is 19.4 Å². The topological polar surface area (TPSA) is 64.7 Å². The highest BCUT2D eigenvalue weighted by Gasteiger charge is 2.15. The van der Waals surface area contributed by atoms with Crippen LogP contribution in [0.2, 0.25) is 0 Å².